The zero-order valence-corrected chi connectivity index (χ0v) is 9.06. The van der Waals surface area contributed by atoms with E-state index in [1.807, 2.05) is 20.8 Å². The average Bonchev–Trinajstić information content (AvgIpc) is 2.01. The average molecular weight is 204 g/mol. The molecule has 0 aliphatic rings. The fraction of sp³-hybridized carbons (Fsp3) is 0.875. The first-order chi connectivity index (χ1) is 5.93. The zero-order valence-electron chi connectivity index (χ0n) is 8.24. The molecule has 0 saturated heterocycles. The number of nitrogens with one attached hydrogen (secondary N) is 1. The van der Waals surface area contributed by atoms with Gasteiger partial charge >= 0.3 is 0 Å². The molecule has 0 aromatic carbocycles. The Labute approximate surface area is 80.0 Å². The van der Waals surface area contributed by atoms with E-state index in [4.69, 9.17) is 5.26 Å². The number of rotatable bonds is 5. The lowest BCUT2D eigenvalue weighted by molar-refractivity contribution is 0.434. The van der Waals surface area contributed by atoms with Crippen LogP contribution in [0.5, 0.6) is 0 Å². The molecule has 5 heteroatoms. The summed E-state index contributed by atoms with van der Waals surface area (Å²) in [5.41, 5.74) is 0. The SMILES string of the molecule is CCC(C)C(C)NS(=O)(=O)CC#N. The molecular weight excluding hydrogens is 188 g/mol. The van der Waals surface area contributed by atoms with Crippen molar-refractivity contribution in [2.24, 2.45) is 5.92 Å². The van der Waals surface area contributed by atoms with Crippen molar-refractivity contribution in [3.8, 4) is 6.07 Å². The molecule has 0 fully saturated rings. The summed E-state index contributed by atoms with van der Waals surface area (Å²) in [6.45, 7) is 5.78. The minimum atomic E-state index is -3.40. The smallest absolute Gasteiger partial charge is 0.211 e. The number of nitriles is 1. The Bertz CT molecular complexity index is 279. The van der Waals surface area contributed by atoms with Gasteiger partial charge in [0.2, 0.25) is 10.0 Å². The third-order valence-electron chi connectivity index (χ3n) is 2.12. The summed E-state index contributed by atoms with van der Waals surface area (Å²) in [7, 11) is -3.40. The molecule has 2 atom stereocenters. The number of hydrogen-bond donors (Lipinski definition) is 1. The van der Waals surface area contributed by atoms with Gasteiger partial charge in [0.15, 0.2) is 5.75 Å². The maximum absolute atomic E-state index is 11.1. The predicted molar refractivity (Wildman–Crippen MR) is 51.5 cm³/mol. The third kappa shape index (κ3) is 4.86. The summed E-state index contributed by atoms with van der Waals surface area (Å²) in [6, 6.07) is 1.51. The van der Waals surface area contributed by atoms with E-state index in [0.717, 1.165) is 6.42 Å². The van der Waals surface area contributed by atoms with Crippen molar-refractivity contribution >= 4 is 10.0 Å². The highest BCUT2D eigenvalue weighted by Gasteiger charge is 2.17. The van der Waals surface area contributed by atoms with Gasteiger partial charge in [-0.25, -0.2) is 13.1 Å². The lowest BCUT2D eigenvalue weighted by atomic mass is 10.0. The van der Waals surface area contributed by atoms with Gasteiger partial charge in [-0.1, -0.05) is 20.3 Å². The van der Waals surface area contributed by atoms with Crippen LogP contribution < -0.4 is 4.72 Å². The molecule has 0 aliphatic carbocycles. The van der Waals surface area contributed by atoms with E-state index >= 15 is 0 Å². The predicted octanol–water partition coefficient (Wildman–Crippen LogP) is 0.864. The van der Waals surface area contributed by atoms with Crippen molar-refractivity contribution in [2.45, 2.75) is 33.2 Å². The third-order valence-corrected chi connectivity index (χ3v) is 3.36. The maximum atomic E-state index is 11.1. The Morgan fingerprint density at radius 3 is 2.38 bits per heavy atom. The molecule has 0 bridgehead atoms. The van der Waals surface area contributed by atoms with Gasteiger partial charge in [-0.15, -0.1) is 0 Å². The highest BCUT2D eigenvalue weighted by Crippen LogP contribution is 2.07. The topological polar surface area (TPSA) is 70.0 Å². The first-order valence-electron chi connectivity index (χ1n) is 4.30. The van der Waals surface area contributed by atoms with E-state index < -0.39 is 15.8 Å². The van der Waals surface area contributed by atoms with Gasteiger partial charge in [0.25, 0.3) is 0 Å². The Hall–Kier alpha value is -0.600. The van der Waals surface area contributed by atoms with Crippen LogP contribution in [0.25, 0.3) is 0 Å². The summed E-state index contributed by atoms with van der Waals surface area (Å²) >= 11 is 0. The van der Waals surface area contributed by atoms with E-state index in [-0.39, 0.29) is 12.0 Å². The lowest BCUT2D eigenvalue weighted by Crippen LogP contribution is -2.37. The molecule has 0 aromatic rings. The standard InChI is InChI=1S/C8H16N2O2S/c1-4-7(2)8(3)10-13(11,12)6-5-9/h7-8,10H,4,6H2,1-3H3. The summed E-state index contributed by atoms with van der Waals surface area (Å²) in [4.78, 5) is 0. The monoisotopic (exact) mass is 204 g/mol. The normalized spacial score (nSPS) is 16.2. The highest BCUT2D eigenvalue weighted by atomic mass is 32.2. The Balaban J connectivity index is 4.21. The van der Waals surface area contributed by atoms with Gasteiger partial charge in [0.1, 0.15) is 0 Å². The second-order valence-corrected chi connectivity index (χ2v) is 4.96. The Morgan fingerprint density at radius 1 is 1.46 bits per heavy atom. The Morgan fingerprint density at radius 2 is 2.00 bits per heavy atom. The van der Waals surface area contributed by atoms with Gasteiger partial charge < -0.3 is 0 Å². The number of nitrogens with zero attached hydrogens (tertiary/aromatic N) is 1. The molecule has 2 unspecified atom stereocenters. The van der Waals surface area contributed by atoms with Crippen LogP contribution in [0.4, 0.5) is 0 Å². The van der Waals surface area contributed by atoms with Crippen LogP contribution in [0.2, 0.25) is 0 Å². The van der Waals surface area contributed by atoms with Crippen LogP contribution in [-0.4, -0.2) is 20.2 Å². The van der Waals surface area contributed by atoms with Crippen LogP contribution in [0, 0.1) is 17.2 Å². The maximum Gasteiger partial charge on any atom is 0.225 e. The molecule has 0 rings (SSSR count). The molecule has 0 spiro atoms. The van der Waals surface area contributed by atoms with Crippen molar-refractivity contribution in [3.63, 3.8) is 0 Å². The van der Waals surface area contributed by atoms with Gasteiger partial charge in [-0.05, 0) is 12.8 Å². The molecule has 1 N–H and O–H groups in total. The summed E-state index contributed by atoms with van der Waals surface area (Å²) in [5.74, 6) is -0.179. The largest absolute Gasteiger partial charge is 0.225 e. The van der Waals surface area contributed by atoms with Gasteiger partial charge in [0.05, 0.1) is 6.07 Å². The van der Waals surface area contributed by atoms with E-state index in [1.165, 1.54) is 0 Å². The van der Waals surface area contributed by atoms with Crippen LogP contribution in [-0.2, 0) is 10.0 Å². The van der Waals surface area contributed by atoms with Crippen molar-refractivity contribution in [3.05, 3.63) is 0 Å². The van der Waals surface area contributed by atoms with E-state index in [0.29, 0.717) is 0 Å². The molecule has 76 valence electrons. The molecule has 13 heavy (non-hydrogen) atoms. The van der Waals surface area contributed by atoms with Crippen molar-refractivity contribution < 1.29 is 8.42 Å². The van der Waals surface area contributed by atoms with Crippen LogP contribution in [0.1, 0.15) is 27.2 Å². The summed E-state index contributed by atoms with van der Waals surface area (Å²) in [6.07, 6.45) is 0.913. The van der Waals surface area contributed by atoms with Crippen molar-refractivity contribution in [1.82, 2.24) is 4.72 Å². The van der Waals surface area contributed by atoms with Crippen molar-refractivity contribution in [2.75, 3.05) is 5.75 Å². The van der Waals surface area contributed by atoms with Gasteiger partial charge in [-0.2, -0.15) is 5.26 Å². The Kier molecular flexibility index (Phi) is 4.96. The molecular formula is C8H16N2O2S. The lowest BCUT2D eigenvalue weighted by Gasteiger charge is -2.18. The quantitative estimate of drug-likeness (QED) is 0.722. The fourth-order valence-corrected chi connectivity index (χ4v) is 1.93. The summed E-state index contributed by atoms with van der Waals surface area (Å²) in [5, 5.41) is 8.24. The number of hydrogen-bond acceptors (Lipinski definition) is 3. The minimum absolute atomic E-state index is 0.108. The van der Waals surface area contributed by atoms with Crippen LogP contribution in [0.3, 0.4) is 0 Å². The summed E-state index contributed by atoms with van der Waals surface area (Å²) < 4.78 is 24.7. The van der Waals surface area contributed by atoms with Crippen LogP contribution in [0.15, 0.2) is 0 Å². The molecule has 0 heterocycles. The van der Waals surface area contributed by atoms with Crippen LogP contribution >= 0.6 is 0 Å². The van der Waals surface area contributed by atoms with Crippen molar-refractivity contribution in [1.29, 1.82) is 5.26 Å². The molecule has 0 radical (unpaired) electrons. The molecule has 0 saturated carbocycles. The molecule has 0 aliphatic heterocycles. The zero-order chi connectivity index (χ0) is 10.5. The van der Waals surface area contributed by atoms with E-state index in [2.05, 4.69) is 4.72 Å². The van der Waals surface area contributed by atoms with E-state index in [1.54, 1.807) is 6.07 Å². The first-order valence-corrected chi connectivity index (χ1v) is 5.95. The van der Waals surface area contributed by atoms with E-state index in [9.17, 15) is 8.42 Å². The second-order valence-electron chi connectivity index (χ2n) is 3.21. The van der Waals surface area contributed by atoms with Gasteiger partial charge in [-0.3, -0.25) is 0 Å². The number of sulfonamides is 1. The first kappa shape index (κ1) is 12.4. The van der Waals surface area contributed by atoms with Gasteiger partial charge in [0, 0.05) is 6.04 Å². The minimum Gasteiger partial charge on any atom is -0.211 e. The molecule has 0 aromatic heterocycles. The highest BCUT2D eigenvalue weighted by molar-refractivity contribution is 7.89. The fourth-order valence-electron chi connectivity index (χ4n) is 0.880. The molecule has 4 nitrogen and oxygen atoms in total. The molecule has 0 amide bonds. The second kappa shape index (κ2) is 5.20.